The zero-order valence-electron chi connectivity index (χ0n) is 9.53. The van der Waals surface area contributed by atoms with Crippen molar-refractivity contribution in [2.24, 2.45) is 0 Å². The van der Waals surface area contributed by atoms with Gasteiger partial charge in [0, 0.05) is 13.1 Å². The Hall–Kier alpha value is -1.61. The molecule has 0 aliphatic rings. The van der Waals surface area contributed by atoms with E-state index in [4.69, 9.17) is 0 Å². The highest BCUT2D eigenvalue weighted by molar-refractivity contribution is 7.70. The Labute approximate surface area is 108 Å². The van der Waals surface area contributed by atoms with Gasteiger partial charge >= 0.3 is 12.1 Å². The Bertz CT molecular complexity index is 504. The summed E-state index contributed by atoms with van der Waals surface area (Å²) in [6.45, 7) is -0.143. The molecular weight excluding hydrogens is 285 g/mol. The maximum atomic E-state index is 11.9. The van der Waals surface area contributed by atoms with E-state index in [0.717, 1.165) is 0 Å². The Kier molecular flexibility index (Phi) is 5.31. The van der Waals surface area contributed by atoms with Gasteiger partial charge in [-0.3, -0.25) is 4.79 Å². The highest BCUT2D eigenvalue weighted by atomic mass is 32.2. The second-order valence-corrected chi connectivity index (χ2v) is 4.42. The van der Waals surface area contributed by atoms with Gasteiger partial charge in [-0.25, -0.2) is 13.1 Å². The summed E-state index contributed by atoms with van der Waals surface area (Å²) >= 11 is 0. The van der Waals surface area contributed by atoms with Crippen LogP contribution in [0, 0.1) is 0 Å². The molecule has 0 aliphatic carbocycles. The van der Waals surface area contributed by atoms with Gasteiger partial charge in [-0.15, -0.1) is 0 Å². The van der Waals surface area contributed by atoms with E-state index >= 15 is 0 Å². The summed E-state index contributed by atoms with van der Waals surface area (Å²) in [5.41, 5.74) is 1.14. The van der Waals surface area contributed by atoms with Gasteiger partial charge < -0.3 is 5.32 Å². The molecule has 9 heteroatoms. The number of rotatable bonds is 5. The molecule has 0 bridgehead atoms. The lowest BCUT2D eigenvalue weighted by atomic mass is 10.1. The third-order valence-corrected chi connectivity index (χ3v) is 2.56. The Morgan fingerprint density at radius 3 is 1.95 bits per heavy atom. The number of hydrogen-bond acceptors (Lipinski definition) is 3. The first-order chi connectivity index (χ1) is 8.79. The van der Waals surface area contributed by atoms with E-state index in [0.29, 0.717) is 11.1 Å². The number of hydrogen-bond donors (Lipinski definition) is 3. The topological polar surface area (TPSA) is 75.3 Å². The average molecular weight is 296 g/mol. The fourth-order valence-electron chi connectivity index (χ4n) is 1.21. The third-order valence-electron chi connectivity index (χ3n) is 2.15. The second kappa shape index (κ2) is 6.53. The van der Waals surface area contributed by atoms with Crippen LogP contribution in [0.1, 0.15) is 11.1 Å². The average Bonchev–Trinajstić information content (AvgIpc) is 2.33. The number of thiol groups is 1. The molecular formula is C10H11F3N2O3S. The molecule has 0 aliphatic heterocycles. The van der Waals surface area contributed by atoms with Crippen LogP contribution >= 0.6 is 0 Å². The normalized spacial score (nSPS) is 11.6. The SMILES string of the molecule is O=C(NCc1ccc(CN[SH](=O)=O)cc1)C(F)(F)F. The maximum Gasteiger partial charge on any atom is 0.471 e. The molecule has 1 aromatic carbocycles. The van der Waals surface area contributed by atoms with Crippen molar-refractivity contribution in [3.8, 4) is 0 Å². The molecule has 1 aromatic rings. The van der Waals surface area contributed by atoms with Crippen LogP contribution in [0.5, 0.6) is 0 Å². The van der Waals surface area contributed by atoms with Crippen molar-refractivity contribution >= 4 is 16.8 Å². The number of benzene rings is 1. The van der Waals surface area contributed by atoms with Crippen molar-refractivity contribution in [2.45, 2.75) is 19.3 Å². The molecule has 0 fully saturated rings. The van der Waals surface area contributed by atoms with Gasteiger partial charge in [0.05, 0.1) is 0 Å². The molecule has 0 radical (unpaired) electrons. The molecule has 0 aromatic heterocycles. The third kappa shape index (κ3) is 5.71. The van der Waals surface area contributed by atoms with Gasteiger partial charge in [0.15, 0.2) is 0 Å². The minimum atomic E-state index is -4.90. The minimum Gasteiger partial charge on any atom is -0.344 e. The first-order valence-corrected chi connectivity index (χ1v) is 6.27. The van der Waals surface area contributed by atoms with E-state index in [1.165, 1.54) is 12.1 Å². The summed E-state index contributed by atoms with van der Waals surface area (Å²) in [5, 5.41) is 1.73. The van der Waals surface area contributed by atoms with E-state index in [1.807, 2.05) is 0 Å². The van der Waals surface area contributed by atoms with E-state index in [2.05, 4.69) is 4.72 Å². The molecule has 5 nitrogen and oxygen atoms in total. The number of alkyl halides is 3. The Morgan fingerprint density at radius 1 is 1.05 bits per heavy atom. The molecule has 106 valence electrons. The van der Waals surface area contributed by atoms with Crippen LogP contribution in [0.25, 0.3) is 0 Å². The number of carbonyl (C=O) groups is 1. The monoisotopic (exact) mass is 296 g/mol. The maximum absolute atomic E-state index is 11.9. The van der Waals surface area contributed by atoms with Gasteiger partial charge in [-0.05, 0) is 11.1 Å². The summed E-state index contributed by atoms with van der Waals surface area (Å²) in [6.07, 6.45) is -4.90. The van der Waals surface area contributed by atoms with E-state index in [-0.39, 0.29) is 13.1 Å². The first kappa shape index (κ1) is 15.4. The smallest absolute Gasteiger partial charge is 0.344 e. The lowest BCUT2D eigenvalue weighted by Gasteiger charge is -2.08. The minimum absolute atomic E-state index is 0.105. The molecule has 0 spiro atoms. The Balaban J connectivity index is 2.51. The van der Waals surface area contributed by atoms with Gasteiger partial charge in [-0.2, -0.15) is 13.2 Å². The summed E-state index contributed by atoms with van der Waals surface area (Å²) in [6, 6.07) is 6.12. The van der Waals surface area contributed by atoms with E-state index in [9.17, 15) is 26.4 Å². The second-order valence-electron chi connectivity index (χ2n) is 3.59. The van der Waals surface area contributed by atoms with Gasteiger partial charge in [0.25, 0.3) is 0 Å². The molecule has 19 heavy (non-hydrogen) atoms. The van der Waals surface area contributed by atoms with Crippen LogP contribution in [-0.4, -0.2) is 20.5 Å². The van der Waals surface area contributed by atoms with Crippen molar-refractivity contribution in [2.75, 3.05) is 0 Å². The molecule has 0 saturated carbocycles. The largest absolute Gasteiger partial charge is 0.471 e. The number of halogens is 3. The molecule has 2 N–H and O–H groups in total. The van der Waals surface area contributed by atoms with Crippen LogP contribution in [0.15, 0.2) is 24.3 Å². The highest BCUT2D eigenvalue weighted by Gasteiger charge is 2.38. The number of amides is 1. The summed E-state index contributed by atoms with van der Waals surface area (Å²) in [4.78, 5) is 10.6. The van der Waals surface area contributed by atoms with Crippen molar-refractivity contribution in [3.05, 3.63) is 35.4 Å². The van der Waals surface area contributed by atoms with Crippen LogP contribution in [0.4, 0.5) is 13.2 Å². The summed E-state index contributed by atoms with van der Waals surface area (Å²) < 4.78 is 58.5. The van der Waals surface area contributed by atoms with E-state index < -0.39 is 23.0 Å². The summed E-state index contributed by atoms with van der Waals surface area (Å²) in [5.74, 6) is -2.00. The predicted molar refractivity (Wildman–Crippen MR) is 61.5 cm³/mol. The van der Waals surface area contributed by atoms with Crippen LogP contribution < -0.4 is 10.0 Å². The summed E-state index contributed by atoms with van der Waals surface area (Å²) in [7, 11) is -2.69. The molecule has 0 atom stereocenters. The highest BCUT2D eigenvalue weighted by Crippen LogP contribution is 2.14. The van der Waals surface area contributed by atoms with Crippen LogP contribution in [0.3, 0.4) is 0 Å². The van der Waals surface area contributed by atoms with Crippen LogP contribution in [-0.2, 0) is 28.8 Å². The fourth-order valence-corrected chi connectivity index (χ4v) is 1.53. The van der Waals surface area contributed by atoms with E-state index in [1.54, 1.807) is 17.4 Å². The molecule has 0 saturated heterocycles. The van der Waals surface area contributed by atoms with Crippen LogP contribution in [0.2, 0.25) is 0 Å². The van der Waals surface area contributed by atoms with Crippen molar-refractivity contribution in [1.29, 1.82) is 0 Å². The fraction of sp³-hybridized carbons (Fsp3) is 0.300. The van der Waals surface area contributed by atoms with Crippen molar-refractivity contribution < 1.29 is 26.4 Å². The lowest BCUT2D eigenvalue weighted by Crippen LogP contribution is -2.36. The molecule has 0 heterocycles. The van der Waals surface area contributed by atoms with Gasteiger partial charge in [0.1, 0.15) is 0 Å². The van der Waals surface area contributed by atoms with Crippen molar-refractivity contribution in [3.63, 3.8) is 0 Å². The lowest BCUT2D eigenvalue weighted by molar-refractivity contribution is -0.173. The first-order valence-electron chi connectivity index (χ1n) is 5.10. The van der Waals surface area contributed by atoms with Crippen molar-refractivity contribution in [1.82, 2.24) is 10.0 Å². The zero-order valence-corrected chi connectivity index (χ0v) is 10.4. The zero-order chi connectivity index (χ0) is 14.5. The number of nitrogens with one attached hydrogen (secondary N) is 2. The predicted octanol–water partition coefficient (Wildman–Crippen LogP) is 0.481. The molecule has 1 rings (SSSR count). The van der Waals surface area contributed by atoms with Gasteiger partial charge in [0.2, 0.25) is 10.9 Å². The standard InChI is InChI=1S/C10H11F3N2O3S/c11-10(12,13)9(16)14-5-7-1-3-8(4-2-7)6-15-19(17)18/h1-4,19H,5-6H2,(H,14,16)(H,15,17,18). The number of carbonyl (C=O) groups excluding carboxylic acids is 1. The molecule has 1 amide bonds. The van der Waals surface area contributed by atoms with Gasteiger partial charge in [-0.1, -0.05) is 24.3 Å². The Morgan fingerprint density at radius 2 is 1.53 bits per heavy atom. The molecule has 0 unspecified atom stereocenters. The quantitative estimate of drug-likeness (QED) is 0.692.